The van der Waals surface area contributed by atoms with Crippen LogP contribution in [0.25, 0.3) is 0 Å². The number of aromatic amines is 1. The fraction of sp³-hybridized carbons (Fsp3) is 0.154. The Morgan fingerprint density at radius 3 is 2.72 bits per heavy atom. The molecular formula is C13H13N3O2. The molecule has 1 atom stereocenters. The highest BCUT2D eigenvalue weighted by Gasteiger charge is 2.13. The van der Waals surface area contributed by atoms with Gasteiger partial charge in [-0.15, -0.1) is 0 Å². The number of pyridine rings is 2. The zero-order chi connectivity index (χ0) is 13.0. The number of nitrogens with one attached hydrogen (secondary N) is 2. The molecule has 0 aliphatic carbocycles. The average Bonchev–Trinajstić information content (AvgIpc) is 2.40. The van der Waals surface area contributed by atoms with Gasteiger partial charge in [-0.2, -0.15) is 0 Å². The number of nitrogens with zero attached hydrogens (tertiary/aromatic N) is 1. The van der Waals surface area contributed by atoms with Crippen LogP contribution in [-0.2, 0) is 0 Å². The Morgan fingerprint density at radius 2 is 2.06 bits per heavy atom. The number of aromatic nitrogens is 2. The van der Waals surface area contributed by atoms with E-state index in [0.29, 0.717) is 0 Å². The first-order valence-corrected chi connectivity index (χ1v) is 5.56. The lowest BCUT2D eigenvalue weighted by molar-refractivity contribution is 0.0938. The highest BCUT2D eigenvalue weighted by atomic mass is 16.2. The normalized spacial score (nSPS) is 11.8. The van der Waals surface area contributed by atoms with Crippen molar-refractivity contribution in [1.29, 1.82) is 0 Å². The number of carbonyl (C=O) groups excluding carboxylic acids is 1. The minimum Gasteiger partial charge on any atom is -0.367 e. The molecule has 0 aliphatic rings. The van der Waals surface area contributed by atoms with E-state index < -0.39 is 0 Å². The minimum atomic E-state index is -0.388. The van der Waals surface area contributed by atoms with E-state index in [4.69, 9.17) is 0 Å². The third-order valence-corrected chi connectivity index (χ3v) is 2.62. The smallest absolute Gasteiger partial charge is 0.257 e. The summed E-state index contributed by atoms with van der Waals surface area (Å²) < 4.78 is 0. The van der Waals surface area contributed by atoms with Gasteiger partial charge in [0.05, 0.1) is 6.04 Å². The molecule has 0 fully saturated rings. The van der Waals surface area contributed by atoms with E-state index in [1.165, 1.54) is 18.5 Å². The molecule has 0 spiro atoms. The second kappa shape index (κ2) is 5.27. The van der Waals surface area contributed by atoms with Crippen molar-refractivity contribution in [2.75, 3.05) is 0 Å². The molecule has 0 bridgehead atoms. The maximum absolute atomic E-state index is 11.9. The molecule has 1 unspecified atom stereocenters. The number of hydrogen-bond acceptors (Lipinski definition) is 3. The number of H-pyrrole nitrogens is 1. The van der Waals surface area contributed by atoms with Crippen LogP contribution < -0.4 is 10.7 Å². The molecule has 0 radical (unpaired) electrons. The number of hydrogen-bond donors (Lipinski definition) is 2. The van der Waals surface area contributed by atoms with E-state index in [-0.39, 0.29) is 22.9 Å². The molecule has 2 rings (SSSR count). The van der Waals surface area contributed by atoms with Crippen LogP contribution in [0.4, 0.5) is 0 Å². The topological polar surface area (TPSA) is 74.8 Å². The molecule has 92 valence electrons. The predicted octanol–water partition coefficient (Wildman–Crippen LogP) is 1.26. The highest BCUT2D eigenvalue weighted by molar-refractivity contribution is 5.93. The van der Waals surface area contributed by atoms with Crippen LogP contribution in [0.5, 0.6) is 0 Å². The standard InChI is InChI=1S/C13H13N3O2/c1-9(10-2-5-14-6-3-10)16-13(18)11-8-15-7-4-12(11)17/h2-9H,1H3,(H,15,17)(H,16,18). The molecule has 0 saturated heterocycles. The van der Waals surface area contributed by atoms with Crippen LogP contribution in [-0.4, -0.2) is 15.9 Å². The summed E-state index contributed by atoms with van der Waals surface area (Å²) in [6, 6.07) is 4.78. The quantitative estimate of drug-likeness (QED) is 0.852. The van der Waals surface area contributed by atoms with Crippen LogP contribution in [0, 0.1) is 0 Å². The van der Waals surface area contributed by atoms with Crippen LogP contribution in [0.1, 0.15) is 28.9 Å². The van der Waals surface area contributed by atoms with Gasteiger partial charge in [-0.1, -0.05) is 0 Å². The van der Waals surface area contributed by atoms with E-state index in [1.54, 1.807) is 12.4 Å². The first-order chi connectivity index (χ1) is 8.68. The van der Waals surface area contributed by atoms with Crippen molar-refractivity contribution < 1.29 is 4.79 Å². The van der Waals surface area contributed by atoms with Crippen LogP contribution in [0.2, 0.25) is 0 Å². The molecular weight excluding hydrogens is 230 g/mol. The Morgan fingerprint density at radius 1 is 1.33 bits per heavy atom. The van der Waals surface area contributed by atoms with E-state index in [1.807, 2.05) is 19.1 Å². The Labute approximate surface area is 104 Å². The fourth-order valence-electron chi connectivity index (χ4n) is 1.60. The Balaban J connectivity index is 2.14. The molecule has 2 N–H and O–H groups in total. The zero-order valence-corrected chi connectivity index (χ0v) is 9.88. The summed E-state index contributed by atoms with van der Waals surface area (Å²) in [7, 11) is 0. The Hall–Kier alpha value is -2.43. The van der Waals surface area contributed by atoms with Gasteiger partial charge in [-0.05, 0) is 24.6 Å². The number of rotatable bonds is 3. The van der Waals surface area contributed by atoms with Gasteiger partial charge in [0.1, 0.15) is 5.56 Å². The van der Waals surface area contributed by atoms with Gasteiger partial charge in [0.25, 0.3) is 5.91 Å². The summed E-state index contributed by atoms with van der Waals surface area (Å²) >= 11 is 0. The van der Waals surface area contributed by atoms with Gasteiger partial charge in [0.2, 0.25) is 0 Å². The second-order valence-electron chi connectivity index (χ2n) is 3.90. The molecule has 2 aromatic heterocycles. The van der Waals surface area contributed by atoms with Gasteiger partial charge in [-0.3, -0.25) is 14.6 Å². The van der Waals surface area contributed by atoms with Crippen LogP contribution >= 0.6 is 0 Å². The van der Waals surface area contributed by atoms with E-state index in [2.05, 4.69) is 15.3 Å². The molecule has 5 nitrogen and oxygen atoms in total. The summed E-state index contributed by atoms with van der Waals surface area (Å²) in [5, 5.41) is 2.77. The van der Waals surface area contributed by atoms with Gasteiger partial charge < -0.3 is 10.3 Å². The molecule has 2 heterocycles. The van der Waals surface area contributed by atoms with Crippen molar-refractivity contribution >= 4 is 5.91 Å². The maximum atomic E-state index is 11.9. The van der Waals surface area contributed by atoms with Crippen LogP contribution in [0.3, 0.4) is 0 Å². The summed E-state index contributed by atoms with van der Waals surface area (Å²) in [5.41, 5.74) is 0.747. The molecule has 5 heteroatoms. The van der Waals surface area contributed by atoms with E-state index in [0.717, 1.165) is 5.56 Å². The molecule has 18 heavy (non-hydrogen) atoms. The van der Waals surface area contributed by atoms with Crippen molar-refractivity contribution in [3.05, 3.63) is 64.3 Å². The van der Waals surface area contributed by atoms with Crippen molar-refractivity contribution in [1.82, 2.24) is 15.3 Å². The predicted molar refractivity (Wildman–Crippen MR) is 67.2 cm³/mol. The Kier molecular flexibility index (Phi) is 3.52. The molecule has 0 aliphatic heterocycles. The average molecular weight is 243 g/mol. The van der Waals surface area contributed by atoms with E-state index in [9.17, 15) is 9.59 Å². The van der Waals surface area contributed by atoms with Gasteiger partial charge in [0, 0.05) is 30.9 Å². The second-order valence-corrected chi connectivity index (χ2v) is 3.90. The molecule has 0 aromatic carbocycles. The monoisotopic (exact) mass is 243 g/mol. The summed E-state index contributed by atoms with van der Waals surface area (Å²) in [4.78, 5) is 30.0. The summed E-state index contributed by atoms with van der Waals surface area (Å²) in [6.07, 6.45) is 6.21. The number of amides is 1. The largest absolute Gasteiger partial charge is 0.367 e. The third-order valence-electron chi connectivity index (χ3n) is 2.62. The fourth-order valence-corrected chi connectivity index (χ4v) is 1.60. The SMILES string of the molecule is CC(NC(=O)c1c[nH]ccc1=O)c1ccncc1. The van der Waals surface area contributed by atoms with Crippen molar-refractivity contribution in [3.63, 3.8) is 0 Å². The van der Waals surface area contributed by atoms with Crippen molar-refractivity contribution in [2.45, 2.75) is 13.0 Å². The number of carbonyl (C=O) groups is 1. The van der Waals surface area contributed by atoms with Crippen molar-refractivity contribution in [2.24, 2.45) is 0 Å². The first-order valence-electron chi connectivity index (χ1n) is 5.56. The third kappa shape index (κ3) is 2.63. The highest BCUT2D eigenvalue weighted by Crippen LogP contribution is 2.10. The van der Waals surface area contributed by atoms with E-state index >= 15 is 0 Å². The summed E-state index contributed by atoms with van der Waals surface area (Å²) in [6.45, 7) is 1.85. The Bertz CT molecular complexity index is 592. The molecule has 1 amide bonds. The minimum absolute atomic E-state index is 0.110. The lowest BCUT2D eigenvalue weighted by Gasteiger charge is -2.13. The van der Waals surface area contributed by atoms with Crippen molar-refractivity contribution in [3.8, 4) is 0 Å². The maximum Gasteiger partial charge on any atom is 0.257 e. The lowest BCUT2D eigenvalue weighted by atomic mass is 10.1. The lowest BCUT2D eigenvalue weighted by Crippen LogP contribution is -2.30. The van der Waals surface area contributed by atoms with Gasteiger partial charge in [-0.25, -0.2) is 0 Å². The van der Waals surface area contributed by atoms with Gasteiger partial charge in [0.15, 0.2) is 5.43 Å². The van der Waals surface area contributed by atoms with Gasteiger partial charge >= 0.3 is 0 Å². The van der Waals surface area contributed by atoms with Crippen LogP contribution in [0.15, 0.2) is 47.8 Å². The molecule has 2 aromatic rings. The molecule has 0 saturated carbocycles. The first kappa shape index (κ1) is 12.0. The summed E-state index contributed by atoms with van der Waals surface area (Å²) in [5.74, 6) is -0.388. The zero-order valence-electron chi connectivity index (χ0n) is 9.88.